The second-order valence-corrected chi connectivity index (χ2v) is 5.01. The van der Waals surface area contributed by atoms with Gasteiger partial charge in [-0.05, 0) is 12.1 Å². The molecule has 3 rings (SSSR count). The number of benzene rings is 1. The Hall–Kier alpha value is -2.48. The van der Waals surface area contributed by atoms with Crippen LogP contribution >= 0.6 is 11.3 Å². The summed E-state index contributed by atoms with van der Waals surface area (Å²) in [6, 6.07) is 6.67. The maximum absolute atomic E-state index is 12.2. The summed E-state index contributed by atoms with van der Waals surface area (Å²) in [7, 11) is 0. The first-order chi connectivity index (χ1) is 9.15. The van der Waals surface area contributed by atoms with Crippen molar-refractivity contribution in [2.45, 2.75) is 6.54 Å². The van der Waals surface area contributed by atoms with Gasteiger partial charge >= 0.3 is 0 Å². The number of nitrogens with one attached hydrogen (secondary N) is 1. The highest BCUT2D eigenvalue weighted by Crippen LogP contribution is 2.11. The predicted molar refractivity (Wildman–Crippen MR) is 72.3 cm³/mol. The van der Waals surface area contributed by atoms with E-state index in [0.29, 0.717) is 20.9 Å². The molecule has 19 heavy (non-hydrogen) atoms. The van der Waals surface area contributed by atoms with Crippen LogP contribution in [-0.4, -0.2) is 20.0 Å². The maximum atomic E-state index is 12.2. The highest BCUT2D eigenvalue weighted by molar-refractivity contribution is 7.15. The number of aromatic amines is 1. The highest BCUT2D eigenvalue weighted by atomic mass is 32.1. The lowest BCUT2D eigenvalue weighted by Gasteiger charge is -2.04. The molecule has 0 fully saturated rings. The first-order valence-corrected chi connectivity index (χ1v) is 6.26. The molecule has 0 atom stereocenters. The van der Waals surface area contributed by atoms with E-state index in [0.717, 1.165) is 0 Å². The predicted octanol–water partition coefficient (Wildman–Crippen LogP) is 0.172. The number of H-pyrrole nitrogens is 1. The SMILES string of the molecule is Nc1nnc(Cn2[nH]c(=O)c3ccccc3c2=O)s1. The van der Waals surface area contributed by atoms with Crippen LogP contribution in [0.25, 0.3) is 10.8 Å². The maximum Gasteiger partial charge on any atom is 0.273 e. The molecule has 0 aliphatic heterocycles. The van der Waals surface area contributed by atoms with Crippen molar-refractivity contribution < 1.29 is 0 Å². The van der Waals surface area contributed by atoms with Crippen LogP contribution in [0.5, 0.6) is 0 Å². The first kappa shape index (κ1) is 11.6. The van der Waals surface area contributed by atoms with Crippen LogP contribution in [0.4, 0.5) is 5.13 Å². The average Bonchev–Trinajstić information content (AvgIpc) is 2.81. The van der Waals surface area contributed by atoms with Gasteiger partial charge in [0.15, 0.2) is 0 Å². The third kappa shape index (κ3) is 2.02. The van der Waals surface area contributed by atoms with Crippen LogP contribution in [0, 0.1) is 0 Å². The fourth-order valence-electron chi connectivity index (χ4n) is 1.82. The molecule has 0 unspecified atom stereocenters. The Bertz CT molecular complexity index is 863. The minimum absolute atomic E-state index is 0.147. The molecule has 0 amide bonds. The van der Waals surface area contributed by atoms with Gasteiger partial charge < -0.3 is 5.73 Å². The molecule has 8 heteroatoms. The molecule has 96 valence electrons. The molecule has 7 nitrogen and oxygen atoms in total. The second-order valence-electron chi connectivity index (χ2n) is 3.91. The molecule has 0 saturated carbocycles. The molecule has 0 radical (unpaired) electrons. The summed E-state index contributed by atoms with van der Waals surface area (Å²) in [5.74, 6) is 0. The van der Waals surface area contributed by atoms with Gasteiger partial charge in [-0.15, -0.1) is 10.2 Å². The van der Waals surface area contributed by atoms with Crippen LogP contribution in [0.3, 0.4) is 0 Å². The molecule has 0 saturated heterocycles. The van der Waals surface area contributed by atoms with Crippen molar-refractivity contribution in [2.75, 3.05) is 5.73 Å². The zero-order chi connectivity index (χ0) is 13.4. The van der Waals surface area contributed by atoms with Crippen molar-refractivity contribution in [3.8, 4) is 0 Å². The smallest absolute Gasteiger partial charge is 0.273 e. The molecule has 2 heterocycles. The van der Waals surface area contributed by atoms with E-state index >= 15 is 0 Å². The monoisotopic (exact) mass is 275 g/mol. The van der Waals surface area contributed by atoms with Crippen LogP contribution in [0.1, 0.15) is 5.01 Å². The van der Waals surface area contributed by atoms with E-state index in [-0.39, 0.29) is 17.7 Å². The van der Waals surface area contributed by atoms with Gasteiger partial charge in [0.05, 0.1) is 17.3 Å². The molecule has 0 spiro atoms. The molecule has 2 aromatic heterocycles. The van der Waals surface area contributed by atoms with E-state index in [1.165, 1.54) is 16.0 Å². The summed E-state index contributed by atoms with van der Waals surface area (Å²) < 4.78 is 1.21. The summed E-state index contributed by atoms with van der Waals surface area (Å²) in [4.78, 5) is 24.1. The van der Waals surface area contributed by atoms with E-state index in [1.54, 1.807) is 24.3 Å². The fraction of sp³-hybridized carbons (Fsp3) is 0.0909. The summed E-state index contributed by atoms with van der Waals surface area (Å²) in [5.41, 5.74) is 4.89. The van der Waals surface area contributed by atoms with E-state index in [4.69, 9.17) is 5.73 Å². The minimum atomic E-state index is -0.312. The topological polar surface area (TPSA) is 107 Å². The number of hydrogen-bond donors (Lipinski definition) is 2. The standard InChI is InChI=1S/C11H9N5O2S/c12-11-14-13-8(19-11)5-16-10(18)7-4-2-1-3-6(7)9(17)15-16/h1-4H,5H2,(H2,12,14)(H,15,17). The largest absolute Gasteiger partial charge is 0.374 e. The van der Waals surface area contributed by atoms with E-state index < -0.39 is 0 Å². The van der Waals surface area contributed by atoms with Crippen LogP contribution in [0.2, 0.25) is 0 Å². The van der Waals surface area contributed by atoms with Gasteiger partial charge in [-0.2, -0.15) is 0 Å². The summed E-state index contributed by atoms with van der Waals surface area (Å²) >= 11 is 1.18. The summed E-state index contributed by atoms with van der Waals surface area (Å²) in [6.07, 6.45) is 0. The molecule has 1 aromatic carbocycles. The first-order valence-electron chi connectivity index (χ1n) is 5.45. The Morgan fingerprint density at radius 2 is 1.95 bits per heavy atom. The lowest BCUT2D eigenvalue weighted by Crippen LogP contribution is -2.30. The van der Waals surface area contributed by atoms with Crippen molar-refractivity contribution >= 4 is 27.2 Å². The Labute approximate surface area is 110 Å². The number of fused-ring (bicyclic) bond motifs is 1. The number of hydrogen-bond acceptors (Lipinski definition) is 6. The van der Waals surface area contributed by atoms with E-state index in [9.17, 15) is 9.59 Å². The van der Waals surface area contributed by atoms with Gasteiger partial charge in [0.1, 0.15) is 5.01 Å². The van der Waals surface area contributed by atoms with Gasteiger partial charge in [-0.3, -0.25) is 14.7 Å². The molecular weight excluding hydrogens is 266 g/mol. The molecule has 0 aliphatic carbocycles. The van der Waals surface area contributed by atoms with Gasteiger partial charge in [0.25, 0.3) is 11.1 Å². The minimum Gasteiger partial charge on any atom is -0.374 e. The number of nitrogen functional groups attached to an aromatic ring is 1. The van der Waals surface area contributed by atoms with Gasteiger partial charge in [-0.1, -0.05) is 23.5 Å². The van der Waals surface area contributed by atoms with E-state index in [1.807, 2.05) is 0 Å². The summed E-state index contributed by atoms with van der Waals surface area (Å²) in [5, 5.41) is 11.7. The second kappa shape index (κ2) is 4.32. The van der Waals surface area contributed by atoms with Crippen LogP contribution < -0.4 is 16.9 Å². The van der Waals surface area contributed by atoms with Gasteiger partial charge in [0.2, 0.25) is 5.13 Å². The Balaban J connectivity index is 2.17. The van der Waals surface area contributed by atoms with Gasteiger partial charge in [-0.25, -0.2) is 4.68 Å². The Morgan fingerprint density at radius 3 is 2.63 bits per heavy atom. The number of nitrogens with zero attached hydrogens (tertiary/aromatic N) is 3. The van der Waals surface area contributed by atoms with Crippen LogP contribution in [0.15, 0.2) is 33.9 Å². The molecule has 0 bridgehead atoms. The quantitative estimate of drug-likeness (QED) is 0.693. The fourth-order valence-corrected chi connectivity index (χ4v) is 2.42. The number of anilines is 1. The summed E-state index contributed by atoms with van der Waals surface area (Å²) in [6.45, 7) is 0.147. The zero-order valence-electron chi connectivity index (χ0n) is 9.66. The highest BCUT2D eigenvalue weighted by Gasteiger charge is 2.09. The third-order valence-corrected chi connectivity index (χ3v) is 3.40. The number of rotatable bonds is 2. The lowest BCUT2D eigenvalue weighted by molar-refractivity contribution is 0.630. The third-order valence-electron chi connectivity index (χ3n) is 2.66. The average molecular weight is 275 g/mol. The van der Waals surface area contributed by atoms with Crippen molar-refractivity contribution in [3.63, 3.8) is 0 Å². The molecule has 0 aliphatic rings. The van der Waals surface area contributed by atoms with Crippen LogP contribution in [-0.2, 0) is 6.54 Å². The number of nitrogens with two attached hydrogens (primary N) is 1. The molecule has 3 aromatic rings. The van der Waals surface area contributed by atoms with Gasteiger partial charge in [0, 0.05) is 0 Å². The van der Waals surface area contributed by atoms with E-state index in [2.05, 4.69) is 15.3 Å². The Kier molecular flexibility index (Phi) is 2.64. The van der Waals surface area contributed by atoms with Crippen molar-refractivity contribution in [1.29, 1.82) is 0 Å². The van der Waals surface area contributed by atoms with Crippen molar-refractivity contribution in [2.24, 2.45) is 0 Å². The van der Waals surface area contributed by atoms with Crippen molar-refractivity contribution in [3.05, 3.63) is 50.0 Å². The molecular formula is C11H9N5O2S. The Morgan fingerprint density at radius 1 is 1.21 bits per heavy atom. The lowest BCUT2D eigenvalue weighted by atomic mass is 10.2. The normalized spacial score (nSPS) is 10.9. The zero-order valence-corrected chi connectivity index (χ0v) is 10.5. The molecule has 3 N–H and O–H groups in total. The van der Waals surface area contributed by atoms with Crippen molar-refractivity contribution in [1.82, 2.24) is 20.0 Å². The number of aromatic nitrogens is 4.